The molecule has 1 fully saturated rings. The second-order valence-electron chi connectivity index (χ2n) is 4.50. The third-order valence-electron chi connectivity index (χ3n) is 3.49. The third kappa shape index (κ3) is 2.21. The predicted octanol–water partition coefficient (Wildman–Crippen LogP) is 1.49. The summed E-state index contributed by atoms with van der Waals surface area (Å²) in [6, 6.07) is 8.99. The molecule has 0 aliphatic carbocycles. The van der Waals surface area contributed by atoms with Gasteiger partial charge in [0.25, 0.3) is 5.91 Å². The third-order valence-corrected chi connectivity index (χ3v) is 3.49. The standard InChI is InChI=1S/C14H18N2O3/c1-3-14(11-7-5-4-6-8-11)12(17)16(9-10-19-2)13(18)15-14/h4-8H,3,9-10H2,1-2H3,(H,15,18). The van der Waals surface area contributed by atoms with E-state index in [-0.39, 0.29) is 18.5 Å². The molecular weight excluding hydrogens is 244 g/mol. The molecule has 1 aromatic rings. The summed E-state index contributed by atoms with van der Waals surface area (Å²) in [5, 5.41) is 2.82. The molecular formula is C14H18N2O3. The smallest absolute Gasteiger partial charge is 0.325 e. The lowest BCUT2D eigenvalue weighted by molar-refractivity contribution is -0.132. The second-order valence-corrected chi connectivity index (χ2v) is 4.50. The Bertz CT molecular complexity index is 475. The SMILES string of the molecule is CCC1(c2ccccc2)NC(=O)N(CCOC)C1=O. The van der Waals surface area contributed by atoms with Gasteiger partial charge in [-0.05, 0) is 12.0 Å². The molecule has 1 heterocycles. The van der Waals surface area contributed by atoms with E-state index in [1.807, 2.05) is 37.3 Å². The van der Waals surface area contributed by atoms with Crippen LogP contribution in [0.1, 0.15) is 18.9 Å². The fourth-order valence-corrected chi connectivity index (χ4v) is 2.37. The molecule has 19 heavy (non-hydrogen) atoms. The van der Waals surface area contributed by atoms with Crippen molar-refractivity contribution in [1.82, 2.24) is 10.2 Å². The van der Waals surface area contributed by atoms with Crippen molar-refractivity contribution in [2.24, 2.45) is 0 Å². The number of nitrogens with one attached hydrogen (secondary N) is 1. The highest BCUT2D eigenvalue weighted by Gasteiger charge is 2.50. The van der Waals surface area contributed by atoms with E-state index >= 15 is 0 Å². The molecule has 1 N–H and O–H groups in total. The Balaban J connectivity index is 2.33. The number of rotatable bonds is 5. The molecule has 2 rings (SSSR count). The largest absolute Gasteiger partial charge is 0.383 e. The van der Waals surface area contributed by atoms with Crippen LogP contribution in [0.5, 0.6) is 0 Å². The molecule has 102 valence electrons. The summed E-state index contributed by atoms with van der Waals surface area (Å²) in [5.74, 6) is -0.205. The average Bonchev–Trinajstić information content (AvgIpc) is 2.70. The van der Waals surface area contributed by atoms with Crippen LogP contribution in [-0.4, -0.2) is 37.1 Å². The van der Waals surface area contributed by atoms with Gasteiger partial charge in [0.1, 0.15) is 5.54 Å². The van der Waals surface area contributed by atoms with Gasteiger partial charge >= 0.3 is 6.03 Å². The first-order chi connectivity index (χ1) is 9.15. The lowest BCUT2D eigenvalue weighted by Crippen LogP contribution is -2.43. The number of carbonyl (C=O) groups excluding carboxylic acids is 2. The molecule has 5 heteroatoms. The lowest BCUT2D eigenvalue weighted by atomic mass is 9.87. The van der Waals surface area contributed by atoms with Crippen molar-refractivity contribution in [2.45, 2.75) is 18.9 Å². The molecule has 5 nitrogen and oxygen atoms in total. The van der Waals surface area contributed by atoms with Gasteiger partial charge in [-0.3, -0.25) is 9.69 Å². The molecule has 0 saturated carbocycles. The van der Waals surface area contributed by atoms with Crippen LogP contribution < -0.4 is 5.32 Å². The van der Waals surface area contributed by atoms with Crippen molar-refractivity contribution < 1.29 is 14.3 Å². The van der Waals surface area contributed by atoms with Crippen LogP contribution in [0.25, 0.3) is 0 Å². The summed E-state index contributed by atoms with van der Waals surface area (Å²) in [4.78, 5) is 25.8. The number of ether oxygens (including phenoxy) is 1. The number of urea groups is 1. The first kappa shape index (κ1) is 13.5. The Morgan fingerprint density at radius 1 is 1.26 bits per heavy atom. The Labute approximate surface area is 112 Å². The number of hydrogen-bond donors (Lipinski definition) is 1. The molecule has 0 bridgehead atoms. The monoisotopic (exact) mass is 262 g/mol. The highest BCUT2D eigenvalue weighted by atomic mass is 16.5. The number of amides is 3. The van der Waals surface area contributed by atoms with Gasteiger partial charge < -0.3 is 10.1 Å². The molecule has 0 radical (unpaired) electrons. The van der Waals surface area contributed by atoms with Crippen molar-refractivity contribution >= 4 is 11.9 Å². The van der Waals surface area contributed by atoms with Gasteiger partial charge in [-0.2, -0.15) is 0 Å². The highest BCUT2D eigenvalue weighted by molar-refractivity contribution is 6.07. The maximum Gasteiger partial charge on any atom is 0.325 e. The molecule has 1 aromatic carbocycles. The van der Waals surface area contributed by atoms with E-state index in [9.17, 15) is 9.59 Å². The Hall–Kier alpha value is -1.88. The molecule has 1 unspecified atom stereocenters. The van der Waals surface area contributed by atoms with E-state index < -0.39 is 5.54 Å². The second kappa shape index (κ2) is 5.40. The van der Waals surface area contributed by atoms with E-state index in [0.29, 0.717) is 13.0 Å². The molecule has 1 saturated heterocycles. The number of benzene rings is 1. The average molecular weight is 262 g/mol. The van der Waals surface area contributed by atoms with Crippen molar-refractivity contribution in [3.8, 4) is 0 Å². The van der Waals surface area contributed by atoms with Crippen molar-refractivity contribution in [3.63, 3.8) is 0 Å². The van der Waals surface area contributed by atoms with Gasteiger partial charge in [0, 0.05) is 7.11 Å². The van der Waals surface area contributed by atoms with Crippen LogP contribution in [0.3, 0.4) is 0 Å². The molecule has 1 atom stereocenters. The van der Waals surface area contributed by atoms with Gasteiger partial charge in [0.2, 0.25) is 0 Å². The van der Waals surface area contributed by atoms with Crippen LogP contribution in [0, 0.1) is 0 Å². The van der Waals surface area contributed by atoms with Crippen molar-refractivity contribution in [1.29, 1.82) is 0 Å². The first-order valence-electron chi connectivity index (χ1n) is 6.34. The summed E-state index contributed by atoms with van der Waals surface area (Å²) < 4.78 is 4.93. The predicted molar refractivity (Wildman–Crippen MR) is 70.5 cm³/mol. The van der Waals surface area contributed by atoms with E-state index in [4.69, 9.17) is 4.74 Å². The molecule has 1 aliphatic rings. The van der Waals surface area contributed by atoms with E-state index in [1.54, 1.807) is 7.11 Å². The van der Waals surface area contributed by atoms with Crippen molar-refractivity contribution in [3.05, 3.63) is 35.9 Å². The summed E-state index contributed by atoms with van der Waals surface area (Å²) in [7, 11) is 1.54. The van der Waals surface area contributed by atoms with Gasteiger partial charge in [-0.1, -0.05) is 37.3 Å². The van der Waals surface area contributed by atoms with Crippen LogP contribution in [0.4, 0.5) is 4.79 Å². The fraction of sp³-hybridized carbons (Fsp3) is 0.429. The molecule has 0 aromatic heterocycles. The van der Waals surface area contributed by atoms with Crippen LogP contribution >= 0.6 is 0 Å². The minimum atomic E-state index is -0.938. The topological polar surface area (TPSA) is 58.6 Å². The zero-order valence-electron chi connectivity index (χ0n) is 11.2. The van der Waals surface area contributed by atoms with Gasteiger partial charge in [0.05, 0.1) is 13.2 Å². The summed E-state index contributed by atoms with van der Waals surface area (Å²) >= 11 is 0. The fourth-order valence-electron chi connectivity index (χ4n) is 2.37. The Kier molecular flexibility index (Phi) is 3.85. The summed E-state index contributed by atoms with van der Waals surface area (Å²) in [6.45, 7) is 2.51. The van der Waals surface area contributed by atoms with E-state index in [0.717, 1.165) is 5.56 Å². The number of methoxy groups -OCH3 is 1. The molecule has 0 spiro atoms. The zero-order valence-corrected chi connectivity index (χ0v) is 11.2. The lowest BCUT2D eigenvalue weighted by Gasteiger charge is -2.25. The van der Waals surface area contributed by atoms with Gasteiger partial charge in [-0.15, -0.1) is 0 Å². The normalized spacial score (nSPS) is 22.7. The van der Waals surface area contributed by atoms with E-state index in [1.165, 1.54) is 4.90 Å². The maximum atomic E-state index is 12.6. The van der Waals surface area contributed by atoms with Crippen molar-refractivity contribution in [2.75, 3.05) is 20.3 Å². The number of nitrogens with zero attached hydrogens (tertiary/aromatic N) is 1. The van der Waals surface area contributed by atoms with Gasteiger partial charge in [-0.25, -0.2) is 4.79 Å². The van der Waals surface area contributed by atoms with Gasteiger partial charge in [0.15, 0.2) is 0 Å². The van der Waals surface area contributed by atoms with Crippen LogP contribution in [-0.2, 0) is 15.1 Å². The van der Waals surface area contributed by atoms with Crippen LogP contribution in [0.2, 0.25) is 0 Å². The Morgan fingerprint density at radius 3 is 2.53 bits per heavy atom. The number of imide groups is 1. The quantitative estimate of drug-likeness (QED) is 0.818. The number of carbonyl (C=O) groups is 2. The minimum Gasteiger partial charge on any atom is -0.383 e. The maximum absolute atomic E-state index is 12.6. The summed E-state index contributed by atoms with van der Waals surface area (Å²) in [6.07, 6.45) is 0.519. The Morgan fingerprint density at radius 2 is 1.95 bits per heavy atom. The minimum absolute atomic E-state index is 0.205. The first-order valence-corrected chi connectivity index (χ1v) is 6.34. The molecule has 3 amide bonds. The van der Waals surface area contributed by atoms with Crippen LogP contribution in [0.15, 0.2) is 30.3 Å². The number of hydrogen-bond acceptors (Lipinski definition) is 3. The zero-order chi connectivity index (χ0) is 13.9. The van der Waals surface area contributed by atoms with E-state index in [2.05, 4.69) is 5.32 Å². The highest BCUT2D eigenvalue weighted by Crippen LogP contribution is 2.31. The molecule has 1 aliphatic heterocycles. The summed E-state index contributed by atoms with van der Waals surface area (Å²) in [5.41, 5.74) is -0.123.